The number of hydrogen-bond donors (Lipinski definition) is 1. The van der Waals surface area contributed by atoms with E-state index in [-0.39, 0.29) is 12.0 Å². The lowest BCUT2D eigenvalue weighted by molar-refractivity contribution is 0.221. The number of ether oxygens (including phenoxy) is 1. The van der Waals surface area contributed by atoms with Gasteiger partial charge in [0.25, 0.3) is 0 Å². The maximum atomic E-state index is 8.81. The van der Waals surface area contributed by atoms with Gasteiger partial charge in [0.05, 0.1) is 19.1 Å². The molecule has 0 heterocycles. The highest BCUT2D eigenvalue weighted by Gasteiger charge is 2.14. The van der Waals surface area contributed by atoms with Gasteiger partial charge in [0, 0.05) is 18.7 Å². The summed E-state index contributed by atoms with van der Waals surface area (Å²) in [7, 11) is 3.57. The van der Waals surface area contributed by atoms with Crippen molar-refractivity contribution < 1.29 is 9.84 Å². The molecule has 90 valence electrons. The summed E-state index contributed by atoms with van der Waals surface area (Å²) in [6.07, 6.45) is 0. The normalized spacial score (nSPS) is 12.8. The molecule has 1 aromatic rings. The fourth-order valence-electron chi connectivity index (χ4n) is 1.56. The lowest BCUT2D eigenvalue weighted by Gasteiger charge is -2.20. The first-order valence-corrected chi connectivity index (χ1v) is 5.69. The Morgan fingerprint density at radius 3 is 2.75 bits per heavy atom. The van der Waals surface area contributed by atoms with Crippen LogP contribution in [0.3, 0.4) is 0 Å². The molecule has 0 saturated carbocycles. The molecule has 0 radical (unpaired) electrons. The SMILES string of the molecule is COc1ccccc1C(Cl)CN(C)CCO. The number of methoxy groups -OCH3 is 1. The van der Waals surface area contributed by atoms with Gasteiger partial charge in [0.2, 0.25) is 0 Å². The van der Waals surface area contributed by atoms with Crippen LogP contribution in [-0.2, 0) is 0 Å². The summed E-state index contributed by atoms with van der Waals surface area (Å²) in [5.41, 5.74) is 0.983. The highest BCUT2D eigenvalue weighted by atomic mass is 35.5. The first-order valence-electron chi connectivity index (χ1n) is 5.25. The maximum Gasteiger partial charge on any atom is 0.123 e. The van der Waals surface area contributed by atoms with Crippen LogP contribution in [0.4, 0.5) is 0 Å². The fraction of sp³-hybridized carbons (Fsp3) is 0.500. The zero-order chi connectivity index (χ0) is 12.0. The molecule has 0 amide bonds. The zero-order valence-corrected chi connectivity index (χ0v) is 10.4. The van der Waals surface area contributed by atoms with Gasteiger partial charge in [-0.3, -0.25) is 0 Å². The third-order valence-corrected chi connectivity index (χ3v) is 2.80. The molecule has 3 nitrogen and oxygen atoms in total. The summed E-state index contributed by atoms with van der Waals surface area (Å²) < 4.78 is 5.26. The minimum atomic E-state index is -0.132. The van der Waals surface area contributed by atoms with Crippen LogP contribution in [0.15, 0.2) is 24.3 Å². The molecule has 0 aliphatic carbocycles. The van der Waals surface area contributed by atoms with Crippen molar-refractivity contribution >= 4 is 11.6 Å². The van der Waals surface area contributed by atoms with Gasteiger partial charge in [-0.05, 0) is 13.1 Å². The van der Waals surface area contributed by atoms with E-state index in [0.717, 1.165) is 11.3 Å². The second kappa shape index (κ2) is 6.74. The van der Waals surface area contributed by atoms with Gasteiger partial charge < -0.3 is 14.7 Å². The van der Waals surface area contributed by atoms with Crippen LogP contribution in [-0.4, -0.2) is 43.9 Å². The van der Waals surface area contributed by atoms with Crippen LogP contribution in [0, 0.1) is 0 Å². The van der Waals surface area contributed by atoms with Crippen molar-refractivity contribution in [2.24, 2.45) is 0 Å². The van der Waals surface area contributed by atoms with E-state index in [2.05, 4.69) is 0 Å². The van der Waals surface area contributed by atoms with E-state index < -0.39 is 0 Å². The van der Waals surface area contributed by atoms with Gasteiger partial charge in [-0.15, -0.1) is 11.6 Å². The minimum Gasteiger partial charge on any atom is -0.496 e. The van der Waals surface area contributed by atoms with Crippen LogP contribution in [0.2, 0.25) is 0 Å². The van der Waals surface area contributed by atoms with Crippen molar-refractivity contribution in [3.63, 3.8) is 0 Å². The maximum absolute atomic E-state index is 8.81. The number of halogens is 1. The van der Waals surface area contributed by atoms with Gasteiger partial charge in [-0.1, -0.05) is 18.2 Å². The third kappa shape index (κ3) is 3.67. The van der Waals surface area contributed by atoms with Gasteiger partial charge in [-0.2, -0.15) is 0 Å². The van der Waals surface area contributed by atoms with Gasteiger partial charge in [0.15, 0.2) is 0 Å². The van der Waals surface area contributed by atoms with E-state index in [0.29, 0.717) is 13.1 Å². The first-order chi connectivity index (χ1) is 7.69. The van der Waals surface area contributed by atoms with Crippen LogP contribution in [0.25, 0.3) is 0 Å². The largest absolute Gasteiger partial charge is 0.496 e. The van der Waals surface area contributed by atoms with E-state index in [4.69, 9.17) is 21.4 Å². The molecule has 0 aromatic heterocycles. The topological polar surface area (TPSA) is 32.7 Å². The van der Waals surface area contributed by atoms with Crippen LogP contribution in [0.5, 0.6) is 5.75 Å². The molecule has 4 heteroatoms. The van der Waals surface area contributed by atoms with Crippen LogP contribution in [0.1, 0.15) is 10.9 Å². The van der Waals surface area contributed by atoms with Crippen molar-refractivity contribution in [3.8, 4) is 5.75 Å². The third-order valence-electron chi connectivity index (χ3n) is 2.43. The number of likely N-dealkylation sites (N-methyl/N-ethyl adjacent to an activating group) is 1. The first kappa shape index (κ1) is 13.3. The molecular weight excluding hydrogens is 226 g/mol. The Balaban J connectivity index is 2.68. The molecule has 0 fully saturated rings. The molecule has 1 aromatic carbocycles. The molecule has 16 heavy (non-hydrogen) atoms. The monoisotopic (exact) mass is 243 g/mol. The Kier molecular flexibility index (Phi) is 5.60. The predicted molar refractivity (Wildman–Crippen MR) is 66.2 cm³/mol. The number of alkyl halides is 1. The minimum absolute atomic E-state index is 0.132. The highest BCUT2D eigenvalue weighted by molar-refractivity contribution is 6.21. The smallest absolute Gasteiger partial charge is 0.123 e. The van der Waals surface area contributed by atoms with Crippen molar-refractivity contribution in [1.82, 2.24) is 4.90 Å². The van der Waals surface area contributed by atoms with Crippen molar-refractivity contribution in [2.75, 3.05) is 33.9 Å². The number of aliphatic hydroxyl groups excluding tert-OH is 1. The molecule has 1 unspecified atom stereocenters. The van der Waals surface area contributed by atoms with E-state index in [1.54, 1.807) is 7.11 Å². The summed E-state index contributed by atoms with van der Waals surface area (Å²) >= 11 is 6.32. The summed E-state index contributed by atoms with van der Waals surface area (Å²) in [5, 5.41) is 8.68. The van der Waals surface area contributed by atoms with E-state index >= 15 is 0 Å². The number of nitrogens with zero attached hydrogens (tertiary/aromatic N) is 1. The van der Waals surface area contributed by atoms with Crippen LogP contribution >= 0.6 is 11.6 Å². The quantitative estimate of drug-likeness (QED) is 0.775. The molecule has 1 rings (SSSR count). The lowest BCUT2D eigenvalue weighted by atomic mass is 10.1. The van der Waals surface area contributed by atoms with Gasteiger partial charge in [-0.25, -0.2) is 0 Å². The second-order valence-corrected chi connectivity index (χ2v) is 4.22. The summed E-state index contributed by atoms with van der Waals surface area (Å²) in [4.78, 5) is 1.99. The number of benzene rings is 1. The second-order valence-electron chi connectivity index (χ2n) is 3.70. The van der Waals surface area contributed by atoms with Gasteiger partial charge >= 0.3 is 0 Å². The Labute approximate surface area is 102 Å². The molecule has 0 aliphatic heterocycles. The summed E-state index contributed by atoms with van der Waals surface area (Å²) in [5.74, 6) is 0.805. The molecular formula is C12H18ClNO2. The Hall–Kier alpha value is -0.770. The predicted octanol–water partition coefficient (Wildman–Crippen LogP) is 1.90. The Morgan fingerprint density at radius 2 is 2.12 bits per heavy atom. The number of para-hydroxylation sites is 1. The van der Waals surface area contributed by atoms with Crippen molar-refractivity contribution in [1.29, 1.82) is 0 Å². The Morgan fingerprint density at radius 1 is 1.44 bits per heavy atom. The summed E-state index contributed by atoms with van der Waals surface area (Å²) in [6, 6.07) is 7.72. The van der Waals surface area contributed by atoms with Crippen LogP contribution < -0.4 is 4.74 Å². The molecule has 1 N–H and O–H groups in total. The average Bonchev–Trinajstić information content (AvgIpc) is 2.29. The number of aliphatic hydroxyl groups is 1. The lowest BCUT2D eigenvalue weighted by Crippen LogP contribution is -2.25. The number of hydrogen-bond acceptors (Lipinski definition) is 3. The molecule has 0 saturated heterocycles. The molecule has 0 spiro atoms. The van der Waals surface area contributed by atoms with Gasteiger partial charge in [0.1, 0.15) is 5.75 Å². The highest BCUT2D eigenvalue weighted by Crippen LogP contribution is 2.29. The van der Waals surface area contributed by atoms with E-state index in [1.165, 1.54) is 0 Å². The average molecular weight is 244 g/mol. The molecule has 0 aliphatic rings. The standard InChI is InChI=1S/C12H18ClNO2/c1-14(7-8-15)9-11(13)10-5-3-4-6-12(10)16-2/h3-6,11,15H,7-9H2,1-2H3. The zero-order valence-electron chi connectivity index (χ0n) is 9.69. The molecule has 1 atom stereocenters. The fourth-order valence-corrected chi connectivity index (χ4v) is 1.98. The van der Waals surface area contributed by atoms with E-state index in [9.17, 15) is 0 Å². The van der Waals surface area contributed by atoms with Crippen molar-refractivity contribution in [3.05, 3.63) is 29.8 Å². The Bertz CT molecular complexity index is 320. The van der Waals surface area contributed by atoms with E-state index in [1.807, 2.05) is 36.2 Å². The molecule has 0 bridgehead atoms. The summed E-state index contributed by atoms with van der Waals surface area (Å²) in [6.45, 7) is 1.45. The van der Waals surface area contributed by atoms with Crippen molar-refractivity contribution in [2.45, 2.75) is 5.38 Å². The number of rotatable bonds is 6.